The fourth-order valence-electron chi connectivity index (χ4n) is 2.11. The van der Waals surface area contributed by atoms with Gasteiger partial charge in [-0.05, 0) is 19.9 Å². The van der Waals surface area contributed by atoms with Crippen molar-refractivity contribution in [2.75, 3.05) is 7.11 Å². The molecule has 110 valence electrons. The quantitative estimate of drug-likeness (QED) is 0.689. The highest BCUT2D eigenvalue weighted by atomic mass is 35.5. The summed E-state index contributed by atoms with van der Waals surface area (Å²) >= 11 is 6.22. The van der Waals surface area contributed by atoms with Gasteiger partial charge in [0.15, 0.2) is 11.5 Å². The summed E-state index contributed by atoms with van der Waals surface area (Å²) in [6, 6.07) is 3.61. The lowest BCUT2D eigenvalue weighted by Gasteiger charge is -2.07. The van der Waals surface area contributed by atoms with Crippen LogP contribution in [0.1, 0.15) is 29.8 Å². The van der Waals surface area contributed by atoms with Crippen LogP contribution in [0.3, 0.4) is 0 Å². The normalized spacial score (nSPS) is 12.8. The Kier molecular flexibility index (Phi) is 3.50. The third kappa shape index (κ3) is 2.56. The first kappa shape index (κ1) is 13.8. The van der Waals surface area contributed by atoms with E-state index in [-0.39, 0.29) is 5.38 Å². The number of fused-ring (bicyclic) bond motifs is 1. The van der Waals surface area contributed by atoms with Crippen LogP contribution < -0.4 is 4.74 Å². The molecular formula is C13H14ClN5O2. The number of hydrogen-bond acceptors (Lipinski definition) is 6. The van der Waals surface area contributed by atoms with Crippen molar-refractivity contribution in [3.8, 4) is 5.88 Å². The van der Waals surface area contributed by atoms with Crippen LogP contribution in [0.4, 0.5) is 0 Å². The van der Waals surface area contributed by atoms with Crippen molar-refractivity contribution in [2.45, 2.75) is 25.8 Å². The van der Waals surface area contributed by atoms with E-state index in [9.17, 15) is 0 Å². The molecule has 3 rings (SSSR count). The van der Waals surface area contributed by atoms with E-state index in [2.05, 4.69) is 20.1 Å². The van der Waals surface area contributed by atoms with E-state index in [1.54, 1.807) is 20.1 Å². The fourth-order valence-corrected chi connectivity index (χ4v) is 2.28. The first-order valence-electron chi connectivity index (χ1n) is 6.43. The molecule has 0 fully saturated rings. The zero-order valence-corrected chi connectivity index (χ0v) is 12.6. The van der Waals surface area contributed by atoms with E-state index in [0.29, 0.717) is 35.6 Å². The minimum Gasteiger partial charge on any atom is -0.481 e. The van der Waals surface area contributed by atoms with Crippen molar-refractivity contribution in [3.05, 3.63) is 29.7 Å². The Bertz CT molecular complexity index is 780. The lowest BCUT2D eigenvalue weighted by Crippen LogP contribution is -2.07. The molecule has 0 bridgehead atoms. The summed E-state index contributed by atoms with van der Waals surface area (Å²) in [6.07, 6.45) is 0. The summed E-state index contributed by atoms with van der Waals surface area (Å²) in [7, 11) is 1.57. The number of rotatable bonds is 4. The lowest BCUT2D eigenvalue weighted by atomic mass is 10.4. The average molecular weight is 308 g/mol. The van der Waals surface area contributed by atoms with Crippen molar-refractivity contribution >= 4 is 22.8 Å². The van der Waals surface area contributed by atoms with Gasteiger partial charge < -0.3 is 13.8 Å². The summed E-state index contributed by atoms with van der Waals surface area (Å²) in [6.45, 7) is 3.99. The Morgan fingerprint density at radius 2 is 2.14 bits per heavy atom. The minimum atomic E-state index is -0.269. The van der Waals surface area contributed by atoms with Gasteiger partial charge in [0.2, 0.25) is 11.8 Å². The number of aromatic nitrogens is 5. The Morgan fingerprint density at radius 1 is 1.33 bits per heavy atom. The fraction of sp³-hybridized carbons (Fsp3) is 0.385. The highest BCUT2D eigenvalue weighted by molar-refractivity contribution is 6.20. The number of aryl methyl sites for hydroxylation is 1. The smallest absolute Gasteiger partial charge is 0.246 e. The van der Waals surface area contributed by atoms with Crippen molar-refractivity contribution in [3.63, 3.8) is 0 Å². The number of ether oxygens (including phenoxy) is 1. The predicted molar refractivity (Wildman–Crippen MR) is 76.5 cm³/mol. The zero-order chi connectivity index (χ0) is 15.0. The van der Waals surface area contributed by atoms with Gasteiger partial charge in [0, 0.05) is 6.07 Å². The standard InChI is InChI=1S/C13H14ClN5O2/c1-7(14)12-16-9-4-5-10(20-3)17-13(9)19(12)6-11-15-8(2)18-21-11/h4-5,7H,6H2,1-3H3. The van der Waals surface area contributed by atoms with Gasteiger partial charge in [0.25, 0.3) is 0 Å². The molecule has 0 aliphatic carbocycles. The van der Waals surface area contributed by atoms with Gasteiger partial charge in [0.1, 0.15) is 17.9 Å². The molecule has 3 heterocycles. The molecule has 0 aliphatic heterocycles. The highest BCUT2D eigenvalue weighted by Gasteiger charge is 2.18. The van der Waals surface area contributed by atoms with E-state index in [1.165, 1.54) is 0 Å². The van der Waals surface area contributed by atoms with E-state index >= 15 is 0 Å². The maximum absolute atomic E-state index is 6.22. The Morgan fingerprint density at radius 3 is 2.76 bits per heavy atom. The third-order valence-electron chi connectivity index (χ3n) is 3.02. The number of nitrogens with zero attached hydrogens (tertiary/aromatic N) is 5. The molecule has 0 amide bonds. The number of hydrogen-bond donors (Lipinski definition) is 0. The molecule has 1 atom stereocenters. The minimum absolute atomic E-state index is 0.269. The van der Waals surface area contributed by atoms with E-state index in [4.69, 9.17) is 20.9 Å². The summed E-state index contributed by atoms with van der Waals surface area (Å²) in [5.74, 6) is 2.28. The largest absolute Gasteiger partial charge is 0.481 e. The van der Waals surface area contributed by atoms with Gasteiger partial charge in [-0.25, -0.2) is 4.98 Å². The van der Waals surface area contributed by atoms with E-state index in [0.717, 1.165) is 5.52 Å². The second kappa shape index (κ2) is 5.33. The molecule has 0 radical (unpaired) electrons. The van der Waals surface area contributed by atoms with Gasteiger partial charge in [0.05, 0.1) is 12.5 Å². The number of methoxy groups -OCH3 is 1. The summed E-state index contributed by atoms with van der Waals surface area (Å²) < 4.78 is 12.2. The highest BCUT2D eigenvalue weighted by Crippen LogP contribution is 2.25. The molecule has 3 aromatic heterocycles. The van der Waals surface area contributed by atoms with Gasteiger partial charge >= 0.3 is 0 Å². The number of imidazole rings is 1. The SMILES string of the molecule is COc1ccc2nc(C(C)Cl)n(Cc3nc(C)no3)c2n1. The molecule has 21 heavy (non-hydrogen) atoms. The number of alkyl halides is 1. The molecular weight excluding hydrogens is 294 g/mol. The van der Waals surface area contributed by atoms with Gasteiger partial charge in [-0.15, -0.1) is 11.6 Å². The molecule has 8 heteroatoms. The molecule has 0 N–H and O–H groups in total. The van der Waals surface area contributed by atoms with Crippen LogP contribution in [-0.4, -0.2) is 31.8 Å². The number of halogens is 1. The van der Waals surface area contributed by atoms with Crippen molar-refractivity contribution < 1.29 is 9.26 Å². The van der Waals surface area contributed by atoms with Crippen LogP contribution in [0.25, 0.3) is 11.2 Å². The van der Waals surface area contributed by atoms with Gasteiger partial charge in [-0.3, -0.25) is 0 Å². The van der Waals surface area contributed by atoms with Crippen molar-refractivity contribution in [1.29, 1.82) is 0 Å². The van der Waals surface area contributed by atoms with Crippen molar-refractivity contribution in [2.24, 2.45) is 0 Å². The zero-order valence-electron chi connectivity index (χ0n) is 11.9. The topological polar surface area (TPSA) is 78.9 Å². The monoisotopic (exact) mass is 307 g/mol. The van der Waals surface area contributed by atoms with Crippen LogP contribution in [0.2, 0.25) is 0 Å². The van der Waals surface area contributed by atoms with Crippen LogP contribution in [0.5, 0.6) is 5.88 Å². The van der Waals surface area contributed by atoms with E-state index in [1.807, 2.05) is 17.6 Å². The first-order chi connectivity index (χ1) is 10.1. The van der Waals surface area contributed by atoms with Crippen LogP contribution in [-0.2, 0) is 6.54 Å². The van der Waals surface area contributed by atoms with Gasteiger partial charge in [-0.2, -0.15) is 9.97 Å². The van der Waals surface area contributed by atoms with Crippen LogP contribution in [0, 0.1) is 6.92 Å². The van der Waals surface area contributed by atoms with Crippen molar-refractivity contribution in [1.82, 2.24) is 24.7 Å². The molecule has 0 saturated carbocycles. The summed E-state index contributed by atoms with van der Waals surface area (Å²) in [5.41, 5.74) is 1.42. The lowest BCUT2D eigenvalue weighted by molar-refractivity contribution is 0.366. The molecule has 3 aromatic rings. The maximum atomic E-state index is 6.22. The molecule has 0 saturated heterocycles. The third-order valence-corrected chi connectivity index (χ3v) is 3.22. The molecule has 0 spiro atoms. The van der Waals surface area contributed by atoms with Crippen LogP contribution >= 0.6 is 11.6 Å². The van der Waals surface area contributed by atoms with Gasteiger partial charge in [-0.1, -0.05) is 5.16 Å². The molecule has 7 nitrogen and oxygen atoms in total. The second-order valence-corrected chi connectivity index (χ2v) is 5.26. The number of pyridine rings is 1. The molecule has 0 aliphatic rings. The summed E-state index contributed by atoms with van der Waals surface area (Å²) in [4.78, 5) is 13.1. The Hall–Kier alpha value is -2.15. The average Bonchev–Trinajstić information content (AvgIpc) is 3.03. The molecule has 1 unspecified atom stereocenters. The van der Waals surface area contributed by atoms with Crippen LogP contribution in [0.15, 0.2) is 16.7 Å². The Labute approximate surface area is 125 Å². The Balaban J connectivity index is 2.14. The van der Waals surface area contributed by atoms with E-state index < -0.39 is 0 Å². The maximum Gasteiger partial charge on any atom is 0.246 e. The predicted octanol–water partition coefficient (Wildman–Crippen LogP) is 2.48. The first-order valence-corrected chi connectivity index (χ1v) is 6.86. The molecule has 0 aromatic carbocycles. The second-order valence-electron chi connectivity index (χ2n) is 4.60. The summed E-state index contributed by atoms with van der Waals surface area (Å²) in [5, 5.41) is 3.52.